The molecule has 6 rings (SSSR count). The zero-order chi connectivity index (χ0) is 26.2. The molecule has 1 aromatic carbocycles. The summed E-state index contributed by atoms with van der Waals surface area (Å²) < 4.78 is 1.48. The van der Waals surface area contributed by atoms with Crippen LogP contribution in [0.4, 0.5) is 23.1 Å². The molecule has 3 aromatic rings. The number of hydrogen-bond donors (Lipinski definition) is 2. The van der Waals surface area contributed by atoms with Crippen LogP contribution in [0.15, 0.2) is 18.3 Å². The molecule has 4 heterocycles. The molecule has 1 saturated carbocycles. The quantitative estimate of drug-likeness (QED) is 0.490. The van der Waals surface area contributed by atoms with Crippen LogP contribution in [0.5, 0.6) is 0 Å². The summed E-state index contributed by atoms with van der Waals surface area (Å²) in [6, 6.07) is 8.88. The molecule has 2 aromatic heterocycles. The highest BCUT2D eigenvalue weighted by Crippen LogP contribution is 2.37. The number of anilines is 4. The zero-order valence-corrected chi connectivity index (χ0v) is 22.1. The molecule has 0 spiro atoms. The second kappa shape index (κ2) is 10.3. The van der Waals surface area contributed by atoms with Gasteiger partial charge >= 0.3 is 0 Å². The van der Waals surface area contributed by atoms with E-state index in [4.69, 9.17) is 11.6 Å². The molecule has 196 valence electrons. The van der Waals surface area contributed by atoms with Crippen LogP contribution in [0.2, 0.25) is 5.02 Å². The van der Waals surface area contributed by atoms with Gasteiger partial charge in [0.25, 0.3) is 0 Å². The van der Waals surface area contributed by atoms with Gasteiger partial charge in [-0.25, -0.2) is 4.98 Å². The molecule has 0 unspecified atom stereocenters. The average Bonchev–Trinajstić information content (AvgIpc) is 3.66. The Morgan fingerprint density at radius 2 is 1.76 bits per heavy atom. The van der Waals surface area contributed by atoms with E-state index in [-0.39, 0.29) is 5.95 Å². The Morgan fingerprint density at radius 1 is 1.00 bits per heavy atom. The first-order valence-electron chi connectivity index (χ1n) is 13.1. The van der Waals surface area contributed by atoms with E-state index in [0.29, 0.717) is 45.5 Å². The van der Waals surface area contributed by atoms with Crippen LogP contribution in [-0.2, 0) is 0 Å². The van der Waals surface area contributed by atoms with E-state index >= 15 is 0 Å². The Hall–Kier alpha value is -3.64. The van der Waals surface area contributed by atoms with Gasteiger partial charge in [-0.3, -0.25) is 4.90 Å². The molecule has 0 radical (unpaired) electrons. The van der Waals surface area contributed by atoms with Crippen LogP contribution in [-0.4, -0.2) is 87.8 Å². The summed E-state index contributed by atoms with van der Waals surface area (Å²) in [7, 11) is 2.18. The lowest BCUT2D eigenvalue weighted by Crippen LogP contribution is -2.52. The number of benzene rings is 1. The van der Waals surface area contributed by atoms with Crippen molar-refractivity contribution in [3.63, 3.8) is 0 Å². The Kier molecular flexibility index (Phi) is 6.66. The first kappa shape index (κ1) is 24.7. The normalized spacial score (nSPS) is 19.3. The maximum Gasteiger partial charge on any atom is 0.247 e. The fraction of sp³-hybridized carbons (Fsp3) is 0.500. The van der Waals surface area contributed by atoms with Gasteiger partial charge in [0.2, 0.25) is 5.95 Å². The largest absolute Gasteiger partial charge is 0.370 e. The predicted octanol–water partition coefficient (Wildman–Crippen LogP) is 3.06. The van der Waals surface area contributed by atoms with Crippen LogP contribution in [0.1, 0.15) is 36.9 Å². The molecular weight excluding hydrogens is 502 g/mol. The number of rotatable bonds is 6. The highest BCUT2D eigenvalue weighted by atomic mass is 35.5. The van der Waals surface area contributed by atoms with E-state index in [1.54, 1.807) is 6.07 Å². The van der Waals surface area contributed by atoms with Gasteiger partial charge in [-0.1, -0.05) is 11.6 Å². The van der Waals surface area contributed by atoms with E-state index in [9.17, 15) is 10.5 Å². The number of nitrogens with one attached hydrogen (secondary N) is 2. The van der Waals surface area contributed by atoms with Gasteiger partial charge in [-0.05, 0) is 44.9 Å². The van der Waals surface area contributed by atoms with Gasteiger partial charge in [-0.2, -0.15) is 20.0 Å². The smallest absolute Gasteiger partial charge is 0.247 e. The van der Waals surface area contributed by atoms with E-state index < -0.39 is 0 Å². The van der Waals surface area contributed by atoms with Crippen molar-refractivity contribution in [2.45, 2.75) is 37.8 Å². The van der Waals surface area contributed by atoms with Gasteiger partial charge in [0.1, 0.15) is 6.07 Å². The molecule has 2 aliphatic heterocycles. The molecule has 3 fully saturated rings. The lowest BCUT2D eigenvalue weighted by atomic mass is 10.0. The van der Waals surface area contributed by atoms with Crippen LogP contribution in [0, 0.1) is 22.7 Å². The number of hydrogen-bond acceptors (Lipinski definition) is 10. The number of aromatic nitrogens is 4. The Balaban J connectivity index is 1.25. The molecule has 3 aliphatic rings. The van der Waals surface area contributed by atoms with E-state index in [1.165, 1.54) is 10.7 Å². The summed E-state index contributed by atoms with van der Waals surface area (Å²) in [5, 5.41) is 30.9. The molecule has 1 aliphatic carbocycles. The first-order chi connectivity index (χ1) is 18.5. The summed E-state index contributed by atoms with van der Waals surface area (Å²) in [5.41, 5.74) is 2.70. The summed E-state index contributed by atoms with van der Waals surface area (Å²) in [6.07, 6.45) is 5.74. The van der Waals surface area contributed by atoms with Crippen LogP contribution >= 0.6 is 11.6 Å². The van der Waals surface area contributed by atoms with Crippen LogP contribution < -0.4 is 15.5 Å². The molecule has 0 bridgehead atoms. The van der Waals surface area contributed by atoms with Crippen LogP contribution in [0.25, 0.3) is 5.65 Å². The fourth-order valence-electron chi connectivity index (χ4n) is 5.30. The number of fused-ring (bicyclic) bond motifs is 1. The van der Waals surface area contributed by atoms with Gasteiger partial charge in [0.15, 0.2) is 17.2 Å². The summed E-state index contributed by atoms with van der Waals surface area (Å²) in [5.74, 6) is 0.831. The number of nitriles is 2. The van der Waals surface area contributed by atoms with Gasteiger partial charge in [-0.15, -0.1) is 5.10 Å². The number of nitrogens with zero attached hydrogens (tertiary/aromatic N) is 9. The lowest BCUT2D eigenvalue weighted by Gasteiger charge is -2.42. The molecule has 12 heteroatoms. The zero-order valence-electron chi connectivity index (χ0n) is 21.4. The SMILES string of the molecule is CN1CCN(C2CCN(c3cc(C#N)cc(Nc4nc(NC5CC5)c5ncc(C#N)n5n4)c3Cl)CC2)CC1. The van der Waals surface area contributed by atoms with Crippen molar-refractivity contribution >= 4 is 40.4 Å². The first-order valence-corrected chi connectivity index (χ1v) is 13.5. The number of likely N-dealkylation sites (N-methyl/N-ethyl adjacent to an activating group) is 1. The van der Waals surface area contributed by atoms with Crippen molar-refractivity contribution < 1.29 is 0 Å². The molecule has 2 N–H and O–H groups in total. The lowest BCUT2D eigenvalue weighted by molar-refractivity contribution is 0.0982. The number of piperazine rings is 1. The monoisotopic (exact) mass is 531 g/mol. The van der Waals surface area contributed by atoms with Crippen molar-refractivity contribution in [2.75, 3.05) is 61.8 Å². The van der Waals surface area contributed by atoms with E-state index in [2.05, 4.69) is 59.6 Å². The van der Waals surface area contributed by atoms with Crippen molar-refractivity contribution in [3.05, 3.63) is 34.6 Å². The third-order valence-corrected chi connectivity index (χ3v) is 8.08. The average molecular weight is 532 g/mol. The highest BCUT2D eigenvalue weighted by Gasteiger charge is 2.28. The highest BCUT2D eigenvalue weighted by molar-refractivity contribution is 6.36. The summed E-state index contributed by atoms with van der Waals surface area (Å²) in [6.45, 7) is 6.23. The number of piperidine rings is 1. The Bertz CT molecular complexity index is 1420. The molecule has 11 nitrogen and oxygen atoms in total. The summed E-state index contributed by atoms with van der Waals surface area (Å²) in [4.78, 5) is 16.2. The van der Waals surface area contributed by atoms with Gasteiger partial charge in [0, 0.05) is 51.4 Å². The maximum atomic E-state index is 9.77. The third kappa shape index (κ3) is 4.93. The standard InChI is InChI=1S/C26H30ClN11/c1-35-8-10-36(11-9-35)19-4-6-37(7-5-19)22-13-17(14-28)12-21(23(22)27)32-26-33-24(31-18-2-3-18)25-30-16-20(15-29)38(25)34-26/h12-13,16,18-19H,2-11H2,1H3,(H2,31,32,33,34). The third-order valence-electron chi connectivity index (χ3n) is 7.68. The van der Waals surface area contributed by atoms with Crippen molar-refractivity contribution in [3.8, 4) is 12.1 Å². The van der Waals surface area contributed by atoms with Crippen molar-refractivity contribution in [1.82, 2.24) is 29.4 Å². The maximum absolute atomic E-state index is 9.77. The topological polar surface area (TPSA) is 124 Å². The Labute approximate surface area is 226 Å². The second-order valence-electron chi connectivity index (χ2n) is 10.3. The minimum Gasteiger partial charge on any atom is -0.370 e. The fourth-order valence-corrected chi connectivity index (χ4v) is 5.58. The molecule has 2 saturated heterocycles. The summed E-state index contributed by atoms with van der Waals surface area (Å²) >= 11 is 6.94. The molecule has 38 heavy (non-hydrogen) atoms. The molecule has 0 amide bonds. The van der Waals surface area contributed by atoms with E-state index in [0.717, 1.165) is 70.6 Å². The molecular formula is C26H30ClN11. The van der Waals surface area contributed by atoms with Gasteiger partial charge < -0.3 is 20.4 Å². The Morgan fingerprint density at radius 3 is 2.45 bits per heavy atom. The molecule has 0 atom stereocenters. The van der Waals surface area contributed by atoms with E-state index in [1.807, 2.05) is 6.07 Å². The van der Waals surface area contributed by atoms with Gasteiger partial charge in [0.05, 0.1) is 34.2 Å². The second-order valence-corrected chi connectivity index (χ2v) is 10.7. The van der Waals surface area contributed by atoms with Crippen molar-refractivity contribution in [2.24, 2.45) is 0 Å². The van der Waals surface area contributed by atoms with Crippen LogP contribution in [0.3, 0.4) is 0 Å². The predicted molar refractivity (Wildman–Crippen MR) is 146 cm³/mol. The number of halogens is 1. The minimum absolute atomic E-state index is 0.270. The van der Waals surface area contributed by atoms with Crippen molar-refractivity contribution in [1.29, 1.82) is 10.5 Å². The minimum atomic E-state index is 0.270. The number of imidazole rings is 1.